The molecular formula is C20H32N2O4. The minimum absolute atomic E-state index is 0.273. The molecule has 0 aliphatic heterocycles. The van der Waals surface area contributed by atoms with Gasteiger partial charge in [0.25, 0.3) is 0 Å². The van der Waals surface area contributed by atoms with E-state index < -0.39 is 12.2 Å². The monoisotopic (exact) mass is 364 g/mol. The van der Waals surface area contributed by atoms with Gasteiger partial charge in [0, 0.05) is 0 Å². The van der Waals surface area contributed by atoms with Crippen LogP contribution < -0.4 is 10.6 Å². The third-order valence-corrected chi connectivity index (χ3v) is 4.17. The molecule has 2 amide bonds. The van der Waals surface area contributed by atoms with Crippen LogP contribution in [0, 0.1) is 39.5 Å². The van der Waals surface area contributed by atoms with Crippen LogP contribution in [-0.2, 0) is 9.47 Å². The molecule has 2 N–H and O–H groups in total. The highest BCUT2D eigenvalue weighted by atomic mass is 16.6. The molecule has 6 nitrogen and oxygen atoms in total. The highest BCUT2D eigenvalue weighted by Gasteiger charge is 2.19. The molecule has 0 aliphatic rings. The van der Waals surface area contributed by atoms with Crippen LogP contribution in [0.2, 0.25) is 0 Å². The Morgan fingerprint density at radius 1 is 0.692 bits per heavy atom. The van der Waals surface area contributed by atoms with Crippen LogP contribution >= 0.6 is 0 Å². The molecule has 146 valence electrons. The number of carbonyl (C=O) groups excluding carboxylic acids is 2. The number of nitrogens with one attached hydrogen (secondary N) is 2. The standard InChI is InChI=1S/C20H32N2O4/c1-11(2)9-25-19(23)21-17-13(5)15(7)18(16(8)14(17)6)22-20(24)26-10-12(3)4/h11-12H,9-10H2,1-8H3,(H,21,23)(H,22,24). The second-order valence-corrected chi connectivity index (χ2v) is 7.48. The molecule has 1 aromatic carbocycles. The zero-order chi connectivity index (χ0) is 20.0. The average Bonchev–Trinajstić information content (AvgIpc) is 2.57. The van der Waals surface area contributed by atoms with Crippen LogP contribution in [0.1, 0.15) is 49.9 Å². The minimum atomic E-state index is -0.472. The van der Waals surface area contributed by atoms with Crippen LogP contribution in [0.3, 0.4) is 0 Å². The lowest BCUT2D eigenvalue weighted by molar-refractivity contribution is 0.147. The zero-order valence-corrected chi connectivity index (χ0v) is 17.2. The first kappa shape index (κ1) is 21.8. The topological polar surface area (TPSA) is 76.7 Å². The number of hydrogen-bond donors (Lipinski definition) is 2. The predicted octanol–water partition coefficient (Wildman–Crippen LogP) is 5.33. The predicted molar refractivity (Wildman–Crippen MR) is 105 cm³/mol. The molecule has 0 saturated carbocycles. The van der Waals surface area contributed by atoms with Crippen molar-refractivity contribution in [2.24, 2.45) is 11.8 Å². The molecular weight excluding hydrogens is 332 g/mol. The van der Waals surface area contributed by atoms with Gasteiger partial charge in [-0.3, -0.25) is 10.6 Å². The van der Waals surface area contributed by atoms with E-state index in [1.807, 2.05) is 55.4 Å². The lowest BCUT2D eigenvalue weighted by atomic mass is 9.96. The van der Waals surface area contributed by atoms with Gasteiger partial charge in [0.1, 0.15) is 0 Å². The number of carbonyl (C=O) groups is 2. The van der Waals surface area contributed by atoms with Gasteiger partial charge in [-0.25, -0.2) is 9.59 Å². The summed E-state index contributed by atoms with van der Waals surface area (Å²) in [5, 5.41) is 5.66. The largest absolute Gasteiger partial charge is 0.449 e. The van der Waals surface area contributed by atoms with E-state index in [4.69, 9.17) is 9.47 Å². The molecule has 6 heteroatoms. The van der Waals surface area contributed by atoms with E-state index in [0.717, 1.165) is 33.6 Å². The van der Waals surface area contributed by atoms with Crippen molar-refractivity contribution < 1.29 is 19.1 Å². The molecule has 1 rings (SSSR count). The number of rotatable bonds is 6. The van der Waals surface area contributed by atoms with Crippen molar-refractivity contribution in [2.45, 2.75) is 55.4 Å². The van der Waals surface area contributed by atoms with E-state index in [0.29, 0.717) is 13.2 Å². The van der Waals surface area contributed by atoms with Crippen molar-refractivity contribution in [1.82, 2.24) is 0 Å². The summed E-state index contributed by atoms with van der Waals surface area (Å²) in [4.78, 5) is 24.1. The summed E-state index contributed by atoms with van der Waals surface area (Å²) in [5.74, 6) is 0.546. The molecule has 1 aromatic rings. The summed E-state index contributed by atoms with van der Waals surface area (Å²) in [6, 6.07) is 0. The van der Waals surface area contributed by atoms with Gasteiger partial charge in [-0.2, -0.15) is 0 Å². The molecule has 0 heterocycles. The highest BCUT2D eigenvalue weighted by molar-refractivity contribution is 5.92. The maximum atomic E-state index is 12.0. The van der Waals surface area contributed by atoms with Crippen molar-refractivity contribution in [3.05, 3.63) is 22.3 Å². The first-order valence-electron chi connectivity index (χ1n) is 9.02. The fourth-order valence-corrected chi connectivity index (χ4v) is 2.45. The third-order valence-electron chi connectivity index (χ3n) is 4.17. The van der Waals surface area contributed by atoms with Crippen LogP contribution in [-0.4, -0.2) is 25.4 Å². The first-order valence-corrected chi connectivity index (χ1v) is 9.02. The molecule has 0 unspecified atom stereocenters. The Kier molecular flexibility index (Phi) is 7.93. The molecule has 0 radical (unpaired) electrons. The molecule has 0 spiro atoms. The van der Waals surface area contributed by atoms with E-state index >= 15 is 0 Å². The van der Waals surface area contributed by atoms with Gasteiger partial charge in [0.15, 0.2) is 0 Å². The summed E-state index contributed by atoms with van der Waals surface area (Å²) in [7, 11) is 0. The quantitative estimate of drug-likeness (QED) is 0.715. The van der Waals surface area contributed by atoms with E-state index in [2.05, 4.69) is 10.6 Å². The second-order valence-electron chi connectivity index (χ2n) is 7.48. The number of anilines is 2. The molecule has 0 atom stereocenters. The number of ether oxygens (including phenoxy) is 2. The maximum Gasteiger partial charge on any atom is 0.411 e. The smallest absolute Gasteiger partial charge is 0.411 e. The van der Waals surface area contributed by atoms with Crippen molar-refractivity contribution in [3.63, 3.8) is 0 Å². The maximum absolute atomic E-state index is 12.0. The molecule has 0 bridgehead atoms. The number of hydrogen-bond acceptors (Lipinski definition) is 4. The normalized spacial score (nSPS) is 10.8. The lowest BCUT2D eigenvalue weighted by Gasteiger charge is -2.21. The lowest BCUT2D eigenvalue weighted by Crippen LogP contribution is -2.21. The molecule has 0 aliphatic carbocycles. The number of amides is 2. The Balaban J connectivity index is 3.02. The van der Waals surface area contributed by atoms with E-state index in [9.17, 15) is 9.59 Å². The van der Waals surface area contributed by atoms with Gasteiger partial charge < -0.3 is 9.47 Å². The Morgan fingerprint density at radius 3 is 1.19 bits per heavy atom. The van der Waals surface area contributed by atoms with Gasteiger partial charge in [0.05, 0.1) is 24.6 Å². The van der Waals surface area contributed by atoms with Crippen molar-refractivity contribution in [2.75, 3.05) is 23.8 Å². The summed E-state index contributed by atoms with van der Waals surface area (Å²) < 4.78 is 10.4. The second kappa shape index (κ2) is 9.46. The van der Waals surface area contributed by atoms with Crippen molar-refractivity contribution in [1.29, 1.82) is 0 Å². The summed E-state index contributed by atoms with van der Waals surface area (Å²) in [5.41, 5.74) is 4.97. The first-order chi connectivity index (χ1) is 12.0. The van der Waals surface area contributed by atoms with Crippen molar-refractivity contribution in [3.8, 4) is 0 Å². The third kappa shape index (κ3) is 5.93. The van der Waals surface area contributed by atoms with Gasteiger partial charge in [-0.05, 0) is 61.8 Å². The molecule has 26 heavy (non-hydrogen) atoms. The fraction of sp³-hybridized carbons (Fsp3) is 0.600. The Bertz CT molecular complexity index is 580. The van der Waals surface area contributed by atoms with E-state index in [1.165, 1.54) is 0 Å². The Morgan fingerprint density at radius 2 is 0.962 bits per heavy atom. The van der Waals surface area contributed by atoms with Crippen LogP contribution in [0.5, 0.6) is 0 Å². The number of benzene rings is 1. The Labute approximate surface area is 156 Å². The van der Waals surface area contributed by atoms with Gasteiger partial charge >= 0.3 is 12.2 Å². The Hall–Kier alpha value is -2.24. The van der Waals surface area contributed by atoms with E-state index in [1.54, 1.807) is 0 Å². The van der Waals surface area contributed by atoms with Crippen LogP contribution in [0.25, 0.3) is 0 Å². The van der Waals surface area contributed by atoms with Gasteiger partial charge in [-0.1, -0.05) is 27.7 Å². The van der Waals surface area contributed by atoms with Gasteiger partial charge in [-0.15, -0.1) is 0 Å². The van der Waals surface area contributed by atoms with E-state index in [-0.39, 0.29) is 11.8 Å². The van der Waals surface area contributed by atoms with Gasteiger partial charge in [0.2, 0.25) is 0 Å². The van der Waals surface area contributed by atoms with Crippen molar-refractivity contribution >= 4 is 23.6 Å². The van der Waals surface area contributed by atoms with Crippen LogP contribution in [0.15, 0.2) is 0 Å². The summed E-state index contributed by atoms with van der Waals surface area (Å²) >= 11 is 0. The molecule has 0 fully saturated rings. The average molecular weight is 364 g/mol. The summed E-state index contributed by atoms with van der Waals surface area (Å²) in [6.45, 7) is 16.3. The zero-order valence-electron chi connectivity index (χ0n) is 17.2. The molecule has 0 saturated heterocycles. The highest BCUT2D eigenvalue weighted by Crippen LogP contribution is 2.34. The minimum Gasteiger partial charge on any atom is -0.449 e. The fourth-order valence-electron chi connectivity index (χ4n) is 2.45. The SMILES string of the molecule is Cc1c(C)c(NC(=O)OCC(C)C)c(C)c(C)c1NC(=O)OCC(C)C. The van der Waals surface area contributed by atoms with Crippen LogP contribution in [0.4, 0.5) is 21.0 Å². The molecule has 0 aromatic heterocycles. The summed E-state index contributed by atoms with van der Waals surface area (Å²) in [6.07, 6.45) is -0.943.